The fraction of sp³-hybridized carbons (Fsp3) is 0.600. The van der Waals surface area contributed by atoms with E-state index in [-0.39, 0.29) is 23.9 Å². The minimum Gasteiger partial charge on any atom is -0.342 e. The van der Waals surface area contributed by atoms with Crippen LogP contribution in [0.5, 0.6) is 0 Å². The minimum atomic E-state index is -0.352. The van der Waals surface area contributed by atoms with Crippen LogP contribution in [0.15, 0.2) is 18.2 Å². The largest absolute Gasteiger partial charge is 0.342 e. The molecule has 2 aliphatic rings. The average Bonchev–Trinajstić information content (AvgIpc) is 2.54. The van der Waals surface area contributed by atoms with E-state index < -0.39 is 0 Å². The van der Waals surface area contributed by atoms with Crippen LogP contribution in [0.1, 0.15) is 37.0 Å². The van der Waals surface area contributed by atoms with Gasteiger partial charge in [0.2, 0.25) is 11.8 Å². The summed E-state index contributed by atoms with van der Waals surface area (Å²) in [5, 5.41) is 2.94. The Bertz CT molecular complexity index is 671. The zero-order valence-electron chi connectivity index (χ0n) is 15.7. The van der Waals surface area contributed by atoms with Crippen LogP contribution in [0.2, 0.25) is 0 Å². The van der Waals surface area contributed by atoms with E-state index in [9.17, 15) is 9.59 Å². The number of hydrogen-bond acceptors (Lipinski definition) is 3. The molecule has 0 unspecified atom stereocenters. The highest BCUT2D eigenvalue weighted by Gasteiger charge is 2.43. The Morgan fingerprint density at radius 3 is 2.64 bits per heavy atom. The monoisotopic (exact) mass is 343 g/mol. The van der Waals surface area contributed by atoms with Gasteiger partial charge in [0.1, 0.15) is 12.1 Å². The number of carbonyl (C=O) groups is 2. The van der Waals surface area contributed by atoms with Gasteiger partial charge in [-0.05, 0) is 37.3 Å². The second-order valence-electron chi connectivity index (χ2n) is 7.90. The maximum atomic E-state index is 12.7. The highest BCUT2D eigenvalue weighted by molar-refractivity contribution is 5.97. The van der Waals surface area contributed by atoms with Gasteiger partial charge in [0.05, 0.1) is 0 Å². The Balaban J connectivity index is 1.67. The van der Waals surface area contributed by atoms with Crippen LogP contribution in [-0.4, -0.2) is 53.3 Å². The molecule has 1 aromatic carbocycles. The molecule has 25 heavy (non-hydrogen) atoms. The number of hydrogen-bond donors (Lipinski definition) is 1. The molecule has 1 aromatic rings. The van der Waals surface area contributed by atoms with Crippen molar-refractivity contribution in [3.8, 4) is 0 Å². The number of piperazine rings is 2. The third-order valence-electron chi connectivity index (χ3n) is 5.26. The first-order valence-corrected chi connectivity index (χ1v) is 9.24. The van der Waals surface area contributed by atoms with Crippen molar-refractivity contribution in [3.63, 3.8) is 0 Å². The lowest BCUT2D eigenvalue weighted by molar-refractivity contribution is -0.153. The summed E-state index contributed by atoms with van der Waals surface area (Å²) in [5.41, 5.74) is 3.84. The van der Waals surface area contributed by atoms with Crippen LogP contribution in [0.25, 0.3) is 0 Å². The molecule has 0 radical (unpaired) electrons. The van der Waals surface area contributed by atoms with Gasteiger partial charge in [-0.15, -0.1) is 0 Å². The normalized spacial score (nSPS) is 24.4. The molecule has 2 fully saturated rings. The molecular weight excluding hydrogens is 314 g/mol. The summed E-state index contributed by atoms with van der Waals surface area (Å²) in [5.74, 6) is 0.469. The molecule has 5 nitrogen and oxygen atoms in total. The molecule has 2 heterocycles. The fourth-order valence-electron chi connectivity index (χ4n) is 3.90. The van der Waals surface area contributed by atoms with Gasteiger partial charge >= 0.3 is 0 Å². The van der Waals surface area contributed by atoms with E-state index >= 15 is 0 Å². The first-order valence-electron chi connectivity index (χ1n) is 9.24. The molecule has 0 bridgehead atoms. The van der Waals surface area contributed by atoms with Crippen LogP contribution in [0.4, 0.5) is 0 Å². The third-order valence-corrected chi connectivity index (χ3v) is 5.26. The molecule has 3 rings (SSSR count). The van der Waals surface area contributed by atoms with Crippen molar-refractivity contribution < 1.29 is 9.59 Å². The lowest BCUT2D eigenvalue weighted by Crippen LogP contribution is -2.69. The van der Waals surface area contributed by atoms with Crippen LogP contribution < -0.4 is 5.32 Å². The molecule has 0 aliphatic carbocycles. The fourth-order valence-corrected chi connectivity index (χ4v) is 3.90. The molecule has 2 aliphatic heterocycles. The summed E-state index contributed by atoms with van der Waals surface area (Å²) in [6.07, 6.45) is 0.708. The number of aryl methyl sites for hydroxylation is 2. The summed E-state index contributed by atoms with van der Waals surface area (Å²) in [4.78, 5) is 29.3. The van der Waals surface area contributed by atoms with Gasteiger partial charge in [0.25, 0.3) is 0 Å². The number of rotatable bonds is 4. The van der Waals surface area contributed by atoms with Gasteiger partial charge in [0.15, 0.2) is 0 Å². The molecule has 5 heteroatoms. The van der Waals surface area contributed by atoms with Gasteiger partial charge in [-0.2, -0.15) is 0 Å². The minimum absolute atomic E-state index is 0.00409. The Kier molecular flexibility index (Phi) is 5.13. The van der Waals surface area contributed by atoms with Gasteiger partial charge in [-0.25, -0.2) is 0 Å². The predicted molar refractivity (Wildman–Crippen MR) is 98.1 cm³/mol. The number of nitrogens with zero attached hydrogens (tertiary/aromatic N) is 2. The number of carbonyl (C=O) groups excluding carboxylic acids is 2. The van der Waals surface area contributed by atoms with Gasteiger partial charge in [-0.1, -0.05) is 37.6 Å². The summed E-state index contributed by atoms with van der Waals surface area (Å²) in [6, 6.07) is 5.79. The van der Waals surface area contributed by atoms with Crippen molar-refractivity contribution in [3.05, 3.63) is 34.9 Å². The molecule has 2 amide bonds. The molecule has 0 saturated carbocycles. The highest BCUT2D eigenvalue weighted by atomic mass is 16.2. The van der Waals surface area contributed by atoms with E-state index in [1.165, 1.54) is 16.7 Å². The average molecular weight is 343 g/mol. The van der Waals surface area contributed by atoms with Gasteiger partial charge in [-0.3, -0.25) is 14.5 Å². The lowest BCUT2D eigenvalue weighted by Gasteiger charge is -2.45. The van der Waals surface area contributed by atoms with E-state index in [1.807, 2.05) is 0 Å². The van der Waals surface area contributed by atoms with Crippen molar-refractivity contribution in [2.24, 2.45) is 5.92 Å². The van der Waals surface area contributed by atoms with E-state index in [4.69, 9.17) is 0 Å². The second-order valence-corrected chi connectivity index (χ2v) is 7.90. The Hall–Kier alpha value is -1.88. The number of benzene rings is 1. The van der Waals surface area contributed by atoms with Crippen molar-refractivity contribution in [1.29, 1.82) is 0 Å². The standard InChI is InChI=1S/C20H29N3O2/c1-13(2)9-17-20(25)23-8-7-22(12-18(23)19(24)21-17)11-16-6-5-14(3)10-15(16)4/h5-6,10,13,17-18H,7-9,11-12H2,1-4H3,(H,21,24)/t17-,18+/m0/s1. The highest BCUT2D eigenvalue weighted by Crippen LogP contribution is 2.21. The Labute approximate surface area is 150 Å². The third kappa shape index (κ3) is 3.87. The van der Waals surface area contributed by atoms with Crippen molar-refractivity contribution in [2.75, 3.05) is 19.6 Å². The maximum Gasteiger partial charge on any atom is 0.245 e. The smallest absolute Gasteiger partial charge is 0.245 e. The molecule has 1 N–H and O–H groups in total. The quantitative estimate of drug-likeness (QED) is 0.908. The Morgan fingerprint density at radius 2 is 1.96 bits per heavy atom. The number of nitrogens with one attached hydrogen (secondary N) is 1. The first-order chi connectivity index (χ1) is 11.8. The van der Waals surface area contributed by atoms with Gasteiger partial charge in [0, 0.05) is 26.2 Å². The van der Waals surface area contributed by atoms with E-state index in [1.54, 1.807) is 4.90 Å². The SMILES string of the molecule is Cc1ccc(CN2CCN3C(=O)[C@H](CC(C)C)NC(=O)[C@H]3C2)c(C)c1. The molecule has 2 atom stereocenters. The van der Waals surface area contributed by atoms with Crippen LogP contribution in [-0.2, 0) is 16.1 Å². The molecule has 2 saturated heterocycles. The van der Waals surface area contributed by atoms with E-state index in [0.717, 1.165) is 13.1 Å². The van der Waals surface area contributed by atoms with E-state index in [0.29, 0.717) is 25.4 Å². The molecule has 0 aromatic heterocycles. The number of amides is 2. The predicted octanol–water partition coefficient (Wildman–Crippen LogP) is 1.86. The van der Waals surface area contributed by atoms with Crippen molar-refractivity contribution >= 4 is 11.8 Å². The molecule has 136 valence electrons. The zero-order chi connectivity index (χ0) is 18.1. The van der Waals surface area contributed by atoms with Crippen LogP contribution >= 0.6 is 0 Å². The van der Waals surface area contributed by atoms with Crippen molar-refractivity contribution in [1.82, 2.24) is 15.1 Å². The second kappa shape index (κ2) is 7.16. The maximum absolute atomic E-state index is 12.7. The molecule has 0 spiro atoms. The Morgan fingerprint density at radius 1 is 1.20 bits per heavy atom. The van der Waals surface area contributed by atoms with Crippen LogP contribution in [0, 0.1) is 19.8 Å². The summed E-state index contributed by atoms with van der Waals surface area (Å²) < 4.78 is 0. The van der Waals surface area contributed by atoms with Crippen LogP contribution in [0.3, 0.4) is 0 Å². The topological polar surface area (TPSA) is 52.6 Å². The van der Waals surface area contributed by atoms with E-state index in [2.05, 4.69) is 56.1 Å². The summed E-state index contributed by atoms with van der Waals surface area (Å²) in [7, 11) is 0. The van der Waals surface area contributed by atoms with Crippen molar-refractivity contribution in [2.45, 2.75) is 52.7 Å². The summed E-state index contributed by atoms with van der Waals surface area (Å²) >= 11 is 0. The van der Waals surface area contributed by atoms with Gasteiger partial charge < -0.3 is 10.2 Å². The molecular formula is C20H29N3O2. The lowest BCUT2D eigenvalue weighted by atomic mass is 9.97. The zero-order valence-corrected chi connectivity index (χ0v) is 15.7. The first kappa shape index (κ1) is 17.9. The summed E-state index contributed by atoms with van der Waals surface area (Å²) in [6.45, 7) is 11.3. The number of fused-ring (bicyclic) bond motifs is 1.